The average molecular weight is 469 g/mol. The fraction of sp³-hybridized carbons (Fsp3) is 0.400. The summed E-state index contributed by atoms with van der Waals surface area (Å²) in [5.74, 6) is -1.49. The van der Waals surface area contributed by atoms with E-state index in [0.29, 0.717) is 0 Å². The number of rotatable bonds is 8. The topological polar surface area (TPSA) is 114 Å². The van der Waals surface area contributed by atoms with Crippen molar-refractivity contribution in [2.75, 3.05) is 46.6 Å². The standard InChI is InChI=1S/C25H28N2O7/c1-32-16-25(23(29)30)15-27(12-13-34-25)22(28)10-11-26-24(31)33-14-21-19-8-4-2-6-17(19)18-7-3-5-9-20(18)21/h2-9,21H,10-16H2,1H3,(H,26,31)(H,29,30). The summed E-state index contributed by atoms with van der Waals surface area (Å²) in [6.45, 7) is 0.375. The van der Waals surface area contributed by atoms with Crippen LogP contribution in [0.15, 0.2) is 48.5 Å². The molecule has 1 aliphatic heterocycles. The minimum absolute atomic E-state index is 0.0207. The molecule has 1 atom stereocenters. The van der Waals surface area contributed by atoms with E-state index < -0.39 is 17.7 Å². The van der Waals surface area contributed by atoms with E-state index in [1.807, 2.05) is 36.4 Å². The van der Waals surface area contributed by atoms with E-state index in [2.05, 4.69) is 17.4 Å². The molecule has 0 bridgehead atoms. The Labute approximate surface area is 197 Å². The number of carboxylic acid groups (broad SMARTS) is 1. The molecule has 0 radical (unpaired) electrons. The molecule has 1 aliphatic carbocycles. The van der Waals surface area contributed by atoms with Crippen molar-refractivity contribution in [3.8, 4) is 11.1 Å². The van der Waals surface area contributed by atoms with Crippen molar-refractivity contribution in [3.05, 3.63) is 59.7 Å². The Morgan fingerprint density at radius 2 is 1.76 bits per heavy atom. The molecule has 1 heterocycles. The number of carbonyl (C=O) groups is 3. The van der Waals surface area contributed by atoms with Gasteiger partial charge < -0.3 is 29.5 Å². The predicted molar refractivity (Wildman–Crippen MR) is 122 cm³/mol. The first-order valence-corrected chi connectivity index (χ1v) is 11.2. The summed E-state index contributed by atoms with van der Waals surface area (Å²) >= 11 is 0. The molecule has 2 amide bonds. The minimum Gasteiger partial charge on any atom is -0.479 e. The van der Waals surface area contributed by atoms with Crippen LogP contribution in [-0.4, -0.2) is 80.1 Å². The molecule has 2 aromatic rings. The Balaban J connectivity index is 1.27. The molecule has 9 nitrogen and oxygen atoms in total. The summed E-state index contributed by atoms with van der Waals surface area (Å²) < 4.78 is 15.9. The van der Waals surface area contributed by atoms with Crippen molar-refractivity contribution in [3.63, 3.8) is 0 Å². The summed E-state index contributed by atoms with van der Waals surface area (Å²) in [5.41, 5.74) is 2.96. The number of carbonyl (C=O) groups excluding carboxylic acids is 2. The highest BCUT2D eigenvalue weighted by molar-refractivity contribution is 5.82. The van der Waals surface area contributed by atoms with Crippen LogP contribution in [0, 0.1) is 0 Å². The first-order valence-electron chi connectivity index (χ1n) is 11.2. The second-order valence-electron chi connectivity index (χ2n) is 8.40. The number of nitrogens with one attached hydrogen (secondary N) is 1. The van der Waals surface area contributed by atoms with Gasteiger partial charge in [0.1, 0.15) is 6.61 Å². The molecule has 4 rings (SSSR count). The molecule has 0 saturated carbocycles. The Morgan fingerprint density at radius 3 is 2.38 bits per heavy atom. The van der Waals surface area contributed by atoms with Gasteiger partial charge in [-0.05, 0) is 22.3 Å². The van der Waals surface area contributed by atoms with Crippen LogP contribution in [0.25, 0.3) is 11.1 Å². The lowest BCUT2D eigenvalue weighted by Crippen LogP contribution is -2.60. The Hall–Kier alpha value is -3.43. The molecule has 2 N–H and O–H groups in total. The van der Waals surface area contributed by atoms with Crippen molar-refractivity contribution in [2.24, 2.45) is 0 Å². The van der Waals surface area contributed by atoms with Gasteiger partial charge in [0, 0.05) is 32.5 Å². The summed E-state index contributed by atoms with van der Waals surface area (Å²) in [6.07, 6.45) is -0.580. The first kappa shape index (κ1) is 23.7. The van der Waals surface area contributed by atoms with Gasteiger partial charge in [0.15, 0.2) is 0 Å². The van der Waals surface area contributed by atoms with Crippen LogP contribution in [0.5, 0.6) is 0 Å². The van der Waals surface area contributed by atoms with Crippen LogP contribution in [0.3, 0.4) is 0 Å². The fourth-order valence-corrected chi connectivity index (χ4v) is 4.59. The van der Waals surface area contributed by atoms with E-state index in [1.54, 1.807) is 0 Å². The number of benzene rings is 2. The van der Waals surface area contributed by atoms with Crippen LogP contribution in [-0.2, 0) is 23.8 Å². The zero-order valence-electron chi connectivity index (χ0n) is 19.0. The smallest absolute Gasteiger partial charge is 0.407 e. The monoisotopic (exact) mass is 468 g/mol. The summed E-state index contributed by atoms with van der Waals surface area (Å²) in [4.78, 5) is 37.9. The first-order chi connectivity index (χ1) is 16.4. The number of carboxylic acids is 1. The van der Waals surface area contributed by atoms with Gasteiger partial charge in [-0.2, -0.15) is 0 Å². The largest absolute Gasteiger partial charge is 0.479 e. The number of fused-ring (bicyclic) bond motifs is 3. The summed E-state index contributed by atoms with van der Waals surface area (Å²) in [6, 6.07) is 16.2. The lowest BCUT2D eigenvalue weighted by molar-refractivity contribution is -0.189. The molecule has 0 spiro atoms. The van der Waals surface area contributed by atoms with Gasteiger partial charge in [-0.3, -0.25) is 4.79 Å². The van der Waals surface area contributed by atoms with Gasteiger partial charge in [0.05, 0.1) is 19.8 Å². The number of amides is 2. The highest BCUT2D eigenvalue weighted by atomic mass is 16.6. The van der Waals surface area contributed by atoms with Crippen LogP contribution in [0.2, 0.25) is 0 Å². The van der Waals surface area contributed by atoms with Crippen LogP contribution < -0.4 is 5.32 Å². The van der Waals surface area contributed by atoms with E-state index in [-0.39, 0.29) is 57.7 Å². The third kappa shape index (κ3) is 4.76. The maximum absolute atomic E-state index is 12.6. The van der Waals surface area contributed by atoms with E-state index >= 15 is 0 Å². The van der Waals surface area contributed by atoms with E-state index in [1.165, 1.54) is 12.0 Å². The Bertz CT molecular complexity index is 1020. The third-order valence-corrected chi connectivity index (χ3v) is 6.26. The van der Waals surface area contributed by atoms with Crippen molar-refractivity contribution in [1.82, 2.24) is 10.2 Å². The lowest BCUT2D eigenvalue weighted by Gasteiger charge is -2.39. The highest BCUT2D eigenvalue weighted by Crippen LogP contribution is 2.44. The molecule has 1 fully saturated rings. The van der Waals surface area contributed by atoms with Crippen molar-refractivity contribution in [1.29, 1.82) is 0 Å². The summed E-state index contributed by atoms with van der Waals surface area (Å²) in [5, 5.41) is 12.1. The number of alkyl carbamates (subject to hydrolysis) is 1. The molecule has 34 heavy (non-hydrogen) atoms. The van der Waals surface area contributed by atoms with Gasteiger partial charge in [0.25, 0.3) is 0 Å². The number of methoxy groups -OCH3 is 1. The molecule has 0 aromatic heterocycles. The molecule has 1 unspecified atom stereocenters. The van der Waals surface area contributed by atoms with Gasteiger partial charge in [-0.25, -0.2) is 9.59 Å². The molecule has 2 aliphatic rings. The lowest BCUT2D eigenvalue weighted by atomic mass is 9.98. The van der Waals surface area contributed by atoms with E-state index in [4.69, 9.17) is 14.2 Å². The van der Waals surface area contributed by atoms with Gasteiger partial charge in [-0.1, -0.05) is 48.5 Å². The fourth-order valence-electron chi connectivity index (χ4n) is 4.59. The number of hydrogen-bond donors (Lipinski definition) is 2. The van der Waals surface area contributed by atoms with Crippen molar-refractivity contribution < 1.29 is 33.7 Å². The van der Waals surface area contributed by atoms with Gasteiger partial charge in [0.2, 0.25) is 11.5 Å². The number of aliphatic carboxylic acids is 1. The maximum atomic E-state index is 12.6. The van der Waals surface area contributed by atoms with Crippen molar-refractivity contribution in [2.45, 2.75) is 17.9 Å². The molecule has 2 aromatic carbocycles. The Morgan fingerprint density at radius 1 is 1.12 bits per heavy atom. The normalized spacial score (nSPS) is 19.3. The molecule has 9 heteroatoms. The van der Waals surface area contributed by atoms with Gasteiger partial charge in [-0.15, -0.1) is 0 Å². The number of nitrogens with zero attached hydrogens (tertiary/aromatic N) is 1. The van der Waals surface area contributed by atoms with E-state index in [9.17, 15) is 19.5 Å². The zero-order chi connectivity index (χ0) is 24.1. The molecule has 1 saturated heterocycles. The molecule has 180 valence electrons. The van der Waals surface area contributed by atoms with Crippen LogP contribution >= 0.6 is 0 Å². The SMILES string of the molecule is COCC1(C(=O)O)CN(C(=O)CCNC(=O)OCC2c3ccccc3-c3ccccc32)CCO1. The number of morpholine rings is 1. The second kappa shape index (κ2) is 10.2. The number of hydrogen-bond acceptors (Lipinski definition) is 6. The Kier molecular flexibility index (Phi) is 7.14. The quantitative estimate of drug-likeness (QED) is 0.611. The van der Waals surface area contributed by atoms with Crippen LogP contribution in [0.4, 0.5) is 4.79 Å². The molecular formula is C25H28N2O7. The number of ether oxygens (including phenoxy) is 3. The molecular weight excluding hydrogens is 440 g/mol. The second-order valence-corrected chi connectivity index (χ2v) is 8.40. The maximum Gasteiger partial charge on any atom is 0.407 e. The van der Waals surface area contributed by atoms with Gasteiger partial charge >= 0.3 is 12.1 Å². The van der Waals surface area contributed by atoms with Crippen molar-refractivity contribution >= 4 is 18.0 Å². The predicted octanol–water partition coefficient (Wildman–Crippen LogP) is 2.24. The average Bonchev–Trinajstić information content (AvgIpc) is 3.16. The zero-order valence-corrected chi connectivity index (χ0v) is 19.0. The minimum atomic E-state index is -1.58. The summed E-state index contributed by atoms with van der Waals surface area (Å²) in [7, 11) is 1.38. The van der Waals surface area contributed by atoms with Crippen LogP contribution in [0.1, 0.15) is 23.5 Å². The van der Waals surface area contributed by atoms with E-state index in [0.717, 1.165) is 22.3 Å². The third-order valence-electron chi connectivity index (χ3n) is 6.26. The highest BCUT2D eigenvalue weighted by Gasteiger charge is 2.45.